The van der Waals surface area contributed by atoms with Gasteiger partial charge in [0.1, 0.15) is 5.69 Å². The van der Waals surface area contributed by atoms with Crippen LogP contribution >= 0.6 is 12.2 Å². The maximum Gasteiger partial charge on any atom is 0.308 e. The van der Waals surface area contributed by atoms with Gasteiger partial charge in [-0.25, -0.2) is 4.98 Å². The highest BCUT2D eigenvalue weighted by Gasteiger charge is 2.09. The normalized spacial score (nSPS) is 10.3. The molecular weight excluding hydrogens is 210 g/mol. The molecule has 0 aliphatic rings. The Bertz CT molecular complexity index is 310. The molecule has 0 aromatic carbocycles. The highest BCUT2D eigenvalue weighted by Crippen LogP contribution is 2.20. The van der Waals surface area contributed by atoms with Crippen LogP contribution < -0.4 is 4.74 Å². The van der Waals surface area contributed by atoms with Crippen molar-refractivity contribution in [3.05, 3.63) is 11.6 Å². The smallest absolute Gasteiger partial charge is 0.308 e. The zero-order valence-electron chi connectivity index (χ0n) is 9.28. The lowest BCUT2D eigenvalue weighted by atomic mass is 10.2. The van der Waals surface area contributed by atoms with E-state index < -0.39 is 0 Å². The van der Waals surface area contributed by atoms with Crippen LogP contribution in [0, 0.1) is 6.92 Å². The fourth-order valence-corrected chi connectivity index (χ4v) is 1.48. The van der Waals surface area contributed by atoms with Gasteiger partial charge in [-0.3, -0.25) is 0 Å². The zero-order chi connectivity index (χ0) is 11.1. The second kappa shape index (κ2) is 6.56. The van der Waals surface area contributed by atoms with Gasteiger partial charge in [0.2, 0.25) is 0 Å². The van der Waals surface area contributed by atoms with Crippen LogP contribution in [0.4, 0.5) is 0 Å². The van der Waals surface area contributed by atoms with Crippen LogP contribution in [0.5, 0.6) is 5.95 Å². The molecule has 1 rings (SSSR count). The van der Waals surface area contributed by atoms with E-state index in [-0.39, 0.29) is 0 Å². The lowest BCUT2D eigenvalue weighted by Crippen LogP contribution is -1.90. The SMILES string of the molecule is CCOc1oc(CCCCC=S)nc1C. The first-order chi connectivity index (χ1) is 7.27. The van der Waals surface area contributed by atoms with Gasteiger partial charge < -0.3 is 9.15 Å². The topological polar surface area (TPSA) is 35.3 Å². The minimum Gasteiger partial charge on any atom is -0.464 e. The quantitative estimate of drug-likeness (QED) is 0.529. The summed E-state index contributed by atoms with van der Waals surface area (Å²) < 4.78 is 10.8. The molecule has 0 radical (unpaired) electrons. The van der Waals surface area contributed by atoms with E-state index in [4.69, 9.17) is 21.4 Å². The lowest BCUT2D eigenvalue weighted by molar-refractivity contribution is 0.247. The molecule has 0 fully saturated rings. The maximum absolute atomic E-state index is 5.47. The van der Waals surface area contributed by atoms with Gasteiger partial charge in [0.25, 0.3) is 0 Å². The zero-order valence-corrected chi connectivity index (χ0v) is 10.1. The van der Waals surface area contributed by atoms with Crippen LogP contribution in [-0.4, -0.2) is 17.0 Å². The molecule has 0 unspecified atom stereocenters. The van der Waals surface area contributed by atoms with Crippen molar-refractivity contribution in [1.29, 1.82) is 0 Å². The molecule has 1 aromatic heterocycles. The molecule has 3 nitrogen and oxygen atoms in total. The molecule has 0 spiro atoms. The van der Waals surface area contributed by atoms with Crippen molar-refractivity contribution in [2.45, 2.75) is 39.5 Å². The first kappa shape index (κ1) is 12.2. The van der Waals surface area contributed by atoms with Gasteiger partial charge in [0, 0.05) is 6.42 Å². The van der Waals surface area contributed by atoms with Crippen molar-refractivity contribution in [3.8, 4) is 5.95 Å². The summed E-state index contributed by atoms with van der Waals surface area (Å²) in [6, 6.07) is 0. The van der Waals surface area contributed by atoms with Gasteiger partial charge >= 0.3 is 5.95 Å². The van der Waals surface area contributed by atoms with E-state index in [0.29, 0.717) is 12.6 Å². The van der Waals surface area contributed by atoms with Crippen molar-refractivity contribution in [1.82, 2.24) is 4.98 Å². The molecule has 84 valence electrons. The monoisotopic (exact) mass is 227 g/mol. The predicted octanol–water partition coefficient (Wildman–Crippen LogP) is 3.09. The number of hydrogen-bond donors (Lipinski definition) is 0. The van der Waals surface area contributed by atoms with Gasteiger partial charge in [0.05, 0.1) is 6.61 Å². The van der Waals surface area contributed by atoms with E-state index in [1.807, 2.05) is 13.8 Å². The standard InChI is InChI=1S/C11H17NO2S/c1-3-13-11-9(2)12-10(14-11)7-5-4-6-8-15/h8H,3-7H2,1-2H3. The van der Waals surface area contributed by atoms with E-state index >= 15 is 0 Å². The Labute approximate surface area is 95.8 Å². The van der Waals surface area contributed by atoms with Crippen LogP contribution in [0.2, 0.25) is 0 Å². The minimum atomic E-state index is 0.558. The van der Waals surface area contributed by atoms with Crippen molar-refractivity contribution < 1.29 is 9.15 Å². The highest BCUT2D eigenvalue weighted by atomic mass is 32.1. The molecule has 0 aliphatic heterocycles. The second-order valence-corrected chi connectivity index (χ2v) is 3.66. The van der Waals surface area contributed by atoms with Gasteiger partial charge in [-0.2, -0.15) is 0 Å². The Balaban J connectivity index is 2.40. The van der Waals surface area contributed by atoms with E-state index in [0.717, 1.165) is 37.3 Å². The summed E-state index contributed by atoms with van der Waals surface area (Å²) in [6.45, 7) is 4.44. The van der Waals surface area contributed by atoms with Crippen LogP contribution in [0.3, 0.4) is 0 Å². The van der Waals surface area contributed by atoms with E-state index in [1.54, 1.807) is 5.37 Å². The second-order valence-electron chi connectivity index (χ2n) is 3.33. The van der Waals surface area contributed by atoms with Crippen LogP contribution in [0.1, 0.15) is 37.8 Å². The predicted molar refractivity (Wildman–Crippen MR) is 63.6 cm³/mol. The molecule has 0 N–H and O–H groups in total. The van der Waals surface area contributed by atoms with E-state index in [1.165, 1.54) is 0 Å². The Morgan fingerprint density at radius 3 is 2.93 bits per heavy atom. The minimum absolute atomic E-state index is 0.558. The number of ether oxygens (including phenoxy) is 1. The lowest BCUT2D eigenvalue weighted by Gasteiger charge is -1.96. The van der Waals surface area contributed by atoms with Gasteiger partial charge in [-0.1, -0.05) is 12.2 Å². The molecule has 1 heterocycles. The number of rotatable bonds is 7. The van der Waals surface area contributed by atoms with Crippen molar-refractivity contribution in [2.24, 2.45) is 0 Å². The molecule has 0 aliphatic carbocycles. The summed E-state index contributed by atoms with van der Waals surface area (Å²) in [6.07, 6.45) is 3.98. The van der Waals surface area contributed by atoms with Gasteiger partial charge in [-0.15, -0.1) is 0 Å². The van der Waals surface area contributed by atoms with E-state index in [2.05, 4.69) is 4.98 Å². The molecule has 0 saturated heterocycles. The molecule has 15 heavy (non-hydrogen) atoms. The Kier molecular flexibility index (Phi) is 5.32. The molecule has 0 saturated carbocycles. The molecule has 4 heteroatoms. The third-order valence-electron chi connectivity index (χ3n) is 2.04. The number of aromatic nitrogens is 1. The number of unbranched alkanes of at least 4 members (excludes halogenated alkanes) is 2. The molecular formula is C11H17NO2S. The number of nitrogens with zero attached hydrogens (tertiary/aromatic N) is 1. The van der Waals surface area contributed by atoms with E-state index in [9.17, 15) is 0 Å². The molecule has 0 atom stereocenters. The average molecular weight is 227 g/mol. The summed E-state index contributed by atoms with van der Waals surface area (Å²) in [5, 5.41) is 1.77. The van der Waals surface area contributed by atoms with Crippen LogP contribution in [0.25, 0.3) is 0 Å². The van der Waals surface area contributed by atoms with Gasteiger partial charge in [-0.05, 0) is 38.5 Å². The first-order valence-corrected chi connectivity index (χ1v) is 5.77. The van der Waals surface area contributed by atoms with Crippen molar-refractivity contribution >= 4 is 17.6 Å². The molecule has 1 aromatic rings. The summed E-state index contributed by atoms with van der Waals surface area (Å²) in [5.74, 6) is 1.32. The largest absolute Gasteiger partial charge is 0.464 e. The van der Waals surface area contributed by atoms with Gasteiger partial charge in [0.15, 0.2) is 5.89 Å². The maximum atomic E-state index is 5.47. The van der Waals surface area contributed by atoms with Crippen molar-refractivity contribution in [3.63, 3.8) is 0 Å². The summed E-state index contributed by atoms with van der Waals surface area (Å²) in [5.41, 5.74) is 0.835. The third-order valence-corrected chi connectivity index (χ3v) is 2.27. The fourth-order valence-electron chi connectivity index (χ4n) is 1.31. The Hall–Kier alpha value is -0.900. The third kappa shape index (κ3) is 4.00. The summed E-state index contributed by atoms with van der Waals surface area (Å²) >= 11 is 4.76. The number of thiocarbonyl (C=S) groups is 1. The van der Waals surface area contributed by atoms with Crippen LogP contribution in [-0.2, 0) is 6.42 Å². The number of hydrogen-bond acceptors (Lipinski definition) is 4. The fraction of sp³-hybridized carbons (Fsp3) is 0.636. The number of aryl methyl sites for hydroxylation is 2. The summed E-state index contributed by atoms with van der Waals surface area (Å²) in [7, 11) is 0. The summed E-state index contributed by atoms with van der Waals surface area (Å²) in [4.78, 5) is 4.30. The Morgan fingerprint density at radius 1 is 1.47 bits per heavy atom. The molecule has 0 amide bonds. The molecule has 0 bridgehead atoms. The van der Waals surface area contributed by atoms with Crippen molar-refractivity contribution in [2.75, 3.05) is 6.61 Å². The first-order valence-electron chi connectivity index (χ1n) is 5.30. The Morgan fingerprint density at radius 2 is 2.27 bits per heavy atom. The van der Waals surface area contributed by atoms with Crippen LogP contribution in [0.15, 0.2) is 4.42 Å². The average Bonchev–Trinajstić information content (AvgIpc) is 2.55. The highest BCUT2D eigenvalue weighted by molar-refractivity contribution is 7.78. The number of oxazole rings is 1.